The summed E-state index contributed by atoms with van der Waals surface area (Å²) < 4.78 is 0.840. The Morgan fingerprint density at radius 3 is 2.07 bits per heavy atom. The van der Waals surface area contributed by atoms with Gasteiger partial charge in [0.2, 0.25) is 6.54 Å². The maximum atomic E-state index is 13.8. The van der Waals surface area contributed by atoms with Crippen molar-refractivity contribution in [3.63, 3.8) is 0 Å². The molecule has 0 N–H and O–H groups in total. The molecule has 0 aromatic heterocycles. The standard InChI is InChI=1S/C25H24BrNO3/c1-2-22(18-10-5-3-6-11-18)24(25(28)19-12-7-4-8-13-19)23(17-27(29)30)20-14-9-15-21(26)16-20/h3-16,22-24H,2,17H2,1H3/t22-,23+,24+/m1/s1. The average molecular weight is 466 g/mol. The van der Waals surface area contributed by atoms with Crippen LogP contribution in [0.2, 0.25) is 0 Å². The van der Waals surface area contributed by atoms with Crippen LogP contribution in [0.4, 0.5) is 0 Å². The molecule has 0 aliphatic carbocycles. The second-order valence-corrected chi connectivity index (χ2v) is 8.27. The van der Waals surface area contributed by atoms with E-state index in [2.05, 4.69) is 15.9 Å². The van der Waals surface area contributed by atoms with E-state index in [0.29, 0.717) is 12.0 Å². The number of carbonyl (C=O) groups is 1. The van der Waals surface area contributed by atoms with Crippen LogP contribution in [0.25, 0.3) is 0 Å². The highest BCUT2D eigenvalue weighted by molar-refractivity contribution is 9.10. The quantitative estimate of drug-likeness (QED) is 0.205. The molecular weight excluding hydrogens is 442 g/mol. The number of nitro groups is 1. The van der Waals surface area contributed by atoms with Gasteiger partial charge in [0.05, 0.1) is 5.92 Å². The molecule has 0 aliphatic heterocycles. The fourth-order valence-electron chi connectivity index (χ4n) is 4.16. The number of carbonyl (C=O) groups excluding carboxylic acids is 1. The zero-order valence-corrected chi connectivity index (χ0v) is 18.4. The summed E-state index contributed by atoms with van der Waals surface area (Å²) in [6, 6.07) is 26.4. The van der Waals surface area contributed by atoms with Gasteiger partial charge in [-0.25, -0.2) is 0 Å². The molecule has 3 rings (SSSR count). The van der Waals surface area contributed by atoms with Gasteiger partial charge in [-0.15, -0.1) is 0 Å². The Morgan fingerprint density at radius 2 is 1.50 bits per heavy atom. The van der Waals surface area contributed by atoms with Crippen molar-refractivity contribution >= 4 is 21.7 Å². The molecular formula is C25H24BrNO3. The van der Waals surface area contributed by atoms with Crippen LogP contribution < -0.4 is 0 Å². The summed E-state index contributed by atoms with van der Waals surface area (Å²) in [6.07, 6.45) is 0.704. The number of Topliss-reactive ketones (excluding diaryl/α,β-unsaturated/α-hetero) is 1. The fraction of sp³-hybridized carbons (Fsp3) is 0.240. The summed E-state index contributed by atoms with van der Waals surface area (Å²) in [5.41, 5.74) is 2.41. The van der Waals surface area contributed by atoms with Crippen molar-refractivity contribution < 1.29 is 9.72 Å². The molecule has 0 bridgehead atoms. The van der Waals surface area contributed by atoms with E-state index in [4.69, 9.17) is 0 Å². The third-order valence-electron chi connectivity index (χ3n) is 5.52. The smallest absolute Gasteiger partial charge is 0.211 e. The van der Waals surface area contributed by atoms with Crippen molar-refractivity contribution in [2.75, 3.05) is 6.54 Å². The average Bonchev–Trinajstić information content (AvgIpc) is 2.76. The van der Waals surface area contributed by atoms with Gasteiger partial charge in [0.25, 0.3) is 0 Å². The van der Waals surface area contributed by atoms with E-state index in [1.165, 1.54) is 0 Å². The van der Waals surface area contributed by atoms with Gasteiger partial charge in [-0.3, -0.25) is 14.9 Å². The van der Waals surface area contributed by atoms with Crippen LogP contribution in [0.3, 0.4) is 0 Å². The van der Waals surface area contributed by atoms with Crippen molar-refractivity contribution in [2.24, 2.45) is 5.92 Å². The van der Waals surface area contributed by atoms with E-state index in [1.807, 2.05) is 79.7 Å². The lowest BCUT2D eigenvalue weighted by Gasteiger charge is -2.31. The van der Waals surface area contributed by atoms with E-state index in [0.717, 1.165) is 15.6 Å². The highest BCUT2D eigenvalue weighted by atomic mass is 79.9. The lowest BCUT2D eigenvalue weighted by atomic mass is 9.70. The number of hydrogen-bond donors (Lipinski definition) is 0. The van der Waals surface area contributed by atoms with E-state index in [1.54, 1.807) is 12.1 Å². The largest absolute Gasteiger partial charge is 0.294 e. The summed E-state index contributed by atoms with van der Waals surface area (Å²) >= 11 is 3.47. The predicted molar refractivity (Wildman–Crippen MR) is 122 cm³/mol. The molecule has 0 fully saturated rings. The molecule has 154 valence electrons. The molecule has 4 nitrogen and oxygen atoms in total. The summed E-state index contributed by atoms with van der Waals surface area (Å²) in [6.45, 7) is 1.73. The van der Waals surface area contributed by atoms with Crippen molar-refractivity contribution in [3.05, 3.63) is 116 Å². The zero-order valence-electron chi connectivity index (χ0n) is 16.8. The summed E-state index contributed by atoms with van der Waals surface area (Å²) in [4.78, 5) is 25.1. The Kier molecular flexibility index (Phi) is 7.52. The van der Waals surface area contributed by atoms with E-state index in [-0.39, 0.29) is 23.2 Å². The third-order valence-corrected chi connectivity index (χ3v) is 6.01. The molecule has 0 amide bonds. The molecule has 0 saturated carbocycles. The van der Waals surface area contributed by atoms with Gasteiger partial charge in [-0.1, -0.05) is 95.7 Å². The van der Waals surface area contributed by atoms with Crippen LogP contribution in [0.5, 0.6) is 0 Å². The van der Waals surface area contributed by atoms with Crippen LogP contribution in [0, 0.1) is 16.0 Å². The highest BCUT2D eigenvalue weighted by Gasteiger charge is 2.39. The normalized spacial score (nSPS) is 13.9. The number of rotatable bonds is 9. The van der Waals surface area contributed by atoms with Crippen LogP contribution >= 0.6 is 15.9 Å². The van der Waals surface area contributed by atoms with Gasteiger partial charge >= 0.3 is 0 Å². The molecule has 5 heteroatoms. The Hall–Kier alpha value is -2.79. The highest BCUT2D eigenvalue weighted by Crippen LogP contribution is 2.41. The topological polar surface area (TPSA) is 60.2 Å². The van der Waals surface area contributed by atoms with Crippen LogP contribution in [0.1, 0.15) is 46.7 Å². The third kappa shape index (κ3) is 5.22. The molecule has 0 aliphatic rings. The van der Waals surface area contributed by atoms with Gasteiger partial charge < -0.3 is 0 Å². The fourth-order valence-corrected chi connectivity index (χ4v) is 4.58. The lowest BCUT2D eigenvalue weighted by Crippen LogP contribution is -2.32. The second kappa shape index (κ2) is 10.3. The maximum Gasteiger partial charge on any atom is 0.211 e. The van der Waals surface area contributed by atoms with Crippen molar-refractivity contribution in [3.8, 4) is 0 Å². The monoisotopic (exact) mass is 465 g/mol. The molecule has 3 aromatic rings. The molecule has 0 spiro atoms. The van der Waals surface area contributed by atoms with Gasteiger partial charge in [-0.05, 0) is 35.6 Å². The Morgan fingerprint density at radius 1 is 0.900 bits per heavy atom. The van der Waals surface area contributed by atoms with E-state index >= 15 is 0 Å². The molecule has 0 saturated heterocycles. The summed E-state index contributed by atoms with van der Waals surface area (Å²) in [5, 5.41) is 11.7. The second-order valence-electron chi connectivity index (χ2n) is 7.36. The lowest BCUT2D eigenvalue weighted by molar-refractivity contribution is -0.484. The summed E-state index contributed by atoms with van der Waals surface area (Å²) in [7, 11) is 0. The maximum absolute atomic E-state index is 13.8. The van der Waals surface area contributed by atoms with Crippen molar-refractivity contribution in [1.82, 2.24) is 0 Å². The first-order valence-electron chi connectivity index (χ1n) is 10.0. The van der Waals surface area contributed by atoms with Crippen molar-refractivity contribution in [2.45, 2.75) is 25.2 Å². The van der Waals surface area contributed by atoms with Gasteiger partial charge in [0.1, 0.15) is 0 Å². The molecule has 0 radical (unpaired) electrons. The van der Waals surface area contributed by atoms with Gasteiger partial charge in [0.15, 0.2) is 5.78 Å². The first-order chi connectivity index (χ1) is 14.5. The minimum absolute atomic E-state index is 0.0573. The first kappa shape index (κ1) is 21.9. The minimum atomic E-state index is -0.556. The predicted octanol–water partition coefficient (Wildman–Crippen LogP) is 6.50. The molecule has 3 aromatic carbocycles. The zero-order chi connectivity index (χ0) is 21.5. The van der Waals surface area contributed by atoms with Crippen LogP contribution in [-0.4, -0.2) is 17.3 Å². The number of ketones is 1. The minimum Gasteiger partial charge on any atom is -0.294 e. The van der Waals surface area contributed by atoms with Crippen molar-refractivity contribution in [1.29, 1.82) is 0 Å². The number of halogens is 1. The number of nitrogens with zero attached hydrogens (tertiary/aromatic N) is 1. The first-order valence-corrected chi connectivity index (χ1v) is 10.8. The summed E-state index contributed by atoms with van der Waals surface area (Å²) in [5.74, 6) is -1.30. The number of benzene rings is 3. The Labute approximate surface area is 185 Å². The SMILES string of the molecule is CC[C@H](c1ccccc1)[C@H](C(=O)c1ccccc1)[C@@H](C[N+](=O)[O-])c1cccc(Br)c1. The van der Waals surface area contributed by atoms with Crippen LogP contribution in [0.15, 0.2) is 89.4 Å². The Balaban J connectivity index is 2.16. The Bertz CT molecular complexity index is 992. The number of hydrogen-bond acceptors (Lipinski definition) is 3. The van der Waals surface area contributed by atoms with Crippen LogP contribution in [-0.2, 0) is 0 Å². The molecule has 0 heterocycles. The van der Waals surface area contributed by atoms with Gasteiger partial charge in [0, 0.05) is 20.9 Å². The van der Waals surface area contributed by atoms with E-state index in [9.17, 15) is 14.9 Å². The molecule has 30 heavy (non-hydrogen) atoms. The van der Waals surface area contributed by atoms with E-state index < -0.39 is 11.8 Å². The van der Waals surface area contributed by atoms with Gasteiger partial charge in [-0.2, -0.15) is 0 Å². The molecule has 0 unspecified atom stereocenters. The molecule has 3 atom stereocenters.